The lowest BCUT2D eigenvalue weighted by atomic mass is 9.81. The van der Waals surface area contributed by atoms with Crippen LogP contribution in [0.5, 0.6) is 0 Å². The van der Waals surface area contributed by atoms with Crippen molar-refractivity contribution in [2.75, 3.05) is 27.8 Å². The molecule has 3 nitrogen and oxygen atoms in total. The Bertz CT molecular complexity index is 211. The summed E-state index contributed by atoms with van der Waals surface area (Å²) in [7, 11) is 4.70. The van der Waals surface area contributed by atoms with Gasteiger partial charge >= 0.3 is 0 Å². The molecule has 0 amide bonds. The summed E-state index contributed by atoms with van der Waals surface area (Å²) in [4.78, 5) is 0. The molecule has 1 unspecified atom stereocenters. The lowest BCUT2D eigenvalue weighted by Gasteiger charge is -2.31. The monoisotopic (exact) mass is 199 g/mol. The Kier molecular flexibility index (Phi) is 6.25. The van der Waals surface area contributed by atoms with Crippen molar-refractivity contribution in [3.63, 3.8) is 0 Å². The molecule has 0 aromatic rings. The number of ether oxygens (including phenoxy) is 1. The second kappa shape index (κ2) is 6.62. The van der Waals surface area contributed by atoms with E-state index in [0.717, 1.165) is 25.8 Å². The molecule has 0 bridgehead atoms. The van der Waals surface area contributed by atoms with E-state index in [1.165, 1.54) is 0 Å². The Labute approximate surface area is 86.5 Å². The fourth-order valence-electron chi connectivity index (χ4n) is 1.65. The Balaban J connectivity index is 0.000000791. The van der Waals surface area contributed by atoms with Crippen LogP contribution in [0.1, 0.15) is 13.3 Å². The molecule has 1 rings (SSSR count). The number of methoxy groups -OCH3 is 1. The van der Waals surface area contributed by atoms with E-state index in [4.69, 9.17) is 9.84 Å². The summed E-state index contributed by atoms with van der Waals surface area (Å²) in [6.07, 6.45) is 7.32. The van der Waals surface area contributed by atoms with Crippen LogP contribution in [0.25, 0.3) is 0 Å². The molecular formula is C11H21NO2. The van der Waals surface area contributed by atoms with E-state index in [0.29, 0.717) is 0 Å². The molecule has 0 saturated heterocycles. The number of rotatable bonds is 3. The first-order chi connectivity index (χ1) is 6.73. The first-order valence-electron chi connectivity index (χ1n) is 4.73. The van der Waals surface area contributed by atoms with E-state index in [9.17, 15) is 0 Å². The van der Waals surface area contributed by atoms with Gasteiger partial charge in [-0.3, -0.25) is 0 Å². The summed E-state index contributed by atoms with van der Waals surface area (Å²) in [6, 6.07) is 0. The highest BCUT2D eigenvalue weighted by atomic mass is 16.5. The summed E-state index contributed by atoms with van der Waals surface area (Å²) in [6.45, 7) is 3.17. The summed E-state index contributed by atoms with van der Waals surface area (Å²) < 4.78 is 5.33. The van der Waals surface area contributed by atoms with Crippen LogP contribution >= 0.6 is 0 Å². The van der Waals surface area contributed by atoms with Gasteiger partial charge in [0.2, 0.25) is 0 Å². The number of nitrogens with one attached hydrogen (secondary N) is 1. The lowest BCUT2D eigenvalue weighted by Crippen LogP contribution is -2.32. The van der Waals surface area contributed by atoms with Crippen LogP contribution in [-0.4, -0.2) is 32.9 Å². The molecule has 82 valence electrons. The molecule has 0 saturated carbocycles. The molecular weight excluding hydrogens is 178 g/mol. The van der Waals surface area contributed by atoms with Crippen LogP contribution in [0.4, 0.5) is 0 Å². The Morgan fingerprint density at radius 2 is 2.21 bits per heavy atom. The van der Waals surface area contributed by atoms with Gasteiger partial charge in [-0.1, -0.05) is 19.1 Å². The van der Waals surface area contributed by atoms with E-state index >= 15 is 0 Å². The zero-order valence-corrected chi connectivity index (χ0v) is 9.50. The average molecular weight is 199 g/mol. The lowest BCUT2D eigenvalue weighted by molar-refractivity contribution is 0.178. The molecule has 0 aromatic heterocycles. The molecule has 0 fully saturated rings. The van der Waals surface area contributed by atoms with Gasteiger partial charge in [-0.25, -0.2) is 0 Å². The maximum Gasteiger partial charge on any atom is 0.103 e. The van der Waals surface area contributed by atoms with Crippen molar-refractivity contribution >= 4 is 0 Å². The van der Waals surface area contributed by atoms with Crippen LogP contribution in [-0.2, 0) is 4.74 Å². The molecule has 14 heavy (non-hydrogen) atoms. The van der Waals surface area contributed by atoms with Crippen molar-refractivity contribution < 1.29 is 9.84 Å². The molecule has 1 atom stereocenters. The van der Waals surface area contributed by atoms with Gasteiger partial charge in [-0.2, -0.15) is 0 Å². The van der Waals surface area contributed by atoms with Crippen LogP contribution < -0.4 is 5.32 Å². The topological polar surface area (TPSA) is 41.5 Å². The molecule has 1 aliphatic rings. The quantitative estimate of drug-likeness (QED) is 0.720. The van der Waals surface area contributed by atoms with Crippen LogP contribution in [0, 0.1) is 5.41 Å². The van der Waals surface area contributed by atoms with Crippen molar-refractivity contribution in [1.29, 1.82) is 0 Å². The van der Waals surface area contributed by atoms with Crippen molar-refractivity contribution in [2.24, 2.45) is 5.41 Å². The van der Waals surface area contributed by atoms with Crippen molar-refractivity contribution in [1.82, 2.24) is 5.32 Å². The third-order valence-electron chi connectivity index (χ3n) is 2.33. The molecule has 2 N–H and O–H groups in total. The fraction of sp³-hybridized carbons (Fsp3) is 0.636. The Morgan fingerprint density at radius 3 is 2.71 bits per heavy atom. The first-order valence-corrected chi connectivity index (χ1v) is 4.73. The summed E-state index contributed by atoms with van der Waals surface area (Å²) >= 11 is 0. The van der Waals surface area contributed by atoms with Crippen LogP contribution in [0.3, 0.4) is 0 Å². The third kappa shape index (κ3) is 3.16. The summed E-state index contributed by atoms with van der Waals surface area (Å²) in [5.74, 6) is 1.07. The molecule has 0 aromatic carbocycles. The van der Waals surface area contributed by atoms with E-state index in [1.54, 1.807) is 7.11 Å². The second-order valence-corrected chi connectivity index (χ2v) is 3.46. The maximum atomic E-state index is 7.00. The predicted octanol–water partition coefficient (Wildman–Crippen LogP) is 1.31. The van der Waals surface area contributed by atoms with Gasteiger partial charge in [-0.05, 0) is 19.5 Å². The number of hydrogen-bond donors (Lipinski definition) is 2. The van der Waals surface area contributed by atoms with Gasteiger partial charge in [0, 0.05) is 19.1 Å². The van der Waals surface area contributed by atoms with Gasteiger partial charge in [0.25, 0.3) is 0 Å². The average Bonchev–Trinajstić information content (AvgIpc) is 2.21. The standard InChI is InChI=1S/C10H17NO.CH4O/c1-10(8-11-2)7-5-4-6-9(10)12-3;1-2/h4-6,11H,7-8H2,1-3H3;2H,1H3. The minimum absolute atomic E-state index is 0.137. The Hall–Kier alpha value is -0.800. The zero-order chi connectivity index (χ0) is 11.0. The van der Waals surface area contributed by atoms with Gasteiger partial charge < -0.3 is 15.2 Å². The van der Waals surface area contributed by atoms with Gasteiger partial charge in [-0.15, -0.1) is 0 Å². The summed E-state index contributed by atoms with van der Waals surface area (Å²) in [5, 5.41) is 10.2. The van der Waals surface area contributed by atoms with E-state index in [1.807, 2.05) is 13.1 Å². The smallest absolute Gasteiger partial charge is 0.103 e. The first kappa shape index (κ1) is 13.2. The molecule has 3 heteroatoms. The maximum absolute atomic E-state index is 7.00. The number of hydrogen-bond acceptors (Lipinski definition) is 3. The zero-order valence-electron chi connectivity index (χ0n) is 9.50. The van der Waals surface area contributed by atoms with Crippen LogP contribution in [0.2, 0.25) is 0 Å². The number of allylic oxidation sites excluding steroid dienone is 3. The van der Waals surface area contributed by atoms with Gasteiger partial charge in [0.15, 0.2) is 0 Å². The van der Waals surface area contributed by atoms with Crippen molar-refractivity contribution in [2.45, 2.75) is 13.3 Å². The van der Waals surface area contributed by atoms with E-state index < -0.39 is 0 Å². The fourth-order valence-corrected chi connectivity index (χ4v) is 1.65. The number of aliphatic hydroxyl groups is 1. The molecule has 0 heterocycles. The van der Waals surface area contributed by atoms with Crippen LogP contribution in [0.15, 0.2) is 24.0 Å². The normalized spacial score (nSPS) is 24.8. The Morgan fingerprint density at radius 1 is 1.57 bits per heavy atom. The third-order valence-corrected chi connectivity index (χ3v) is 2.33. The second-order valence-electron chi connectivity index (χ2n) is 3.46. The minimum Gasteiger partial charge on any atom is -0.500 e. The minimum atomic E-state index is 0.137. The SMILES string of the molecule is CNCC1(C)CC=CC=C1OC.CO. The van der Waals surface area contributed by atoms with Crippen molar-refractivity contribution in [3.05, 3.63) is 24.0 Å². The molecule has 0 radical (unpaired) electrons. The molecule has 1 aliphatic carbocycles. The largest absolute Gasteiger partial charge is 0.500 e. The highest BCUT2D eigenvalue weighted by Crippen LogP contribution is 2.33. The van der Waals surface area contributed by atoms with Gasteiger partial charge in [0.05, 0.1) is 7.11 Å². The van der Waals surface area contributed by atoms with E-state index in [-0.39, 0.29) is 5.41 Å². The molecule has 0 spiro atoms. The van der Waals surface area contributed by atoms with E-state index in [2.05, 4.69) is 24.4 Å². The highest BCUT2D eigenvalue weighted by molar-refractivity contribution is 5.21. The van der Waals surface area contributed by atoms with Gasteiger partial charge in [0.1, 0.15) is 5.76 Å². The number of aliphatic hydroxyl groups excluding tert-OH is 1. The highest BCUT2D eigenvalue weighted by Gasteiger charge is 2.29. The summed E-state index contributed by atoms with van der Waals surface area (Å²) in [5.41, 5.74) is 0.137. The van der Waals surface area contributed by atoms with Crippen molar-refractivity contribution in [3.8, 4) is 0 Å². The molecule has 0 aliphatic heterocycles. The predicted molar refractivity (Wildman–Crippen MR) is 59.0 cm³/mol.